The zero-order valence-corrected chi connectivity index (χ0v) is 19.0. The molecule has 0 aliphatic carbocycles. The molecule has 8 heteroatoms. The minimum absolute atomic E-state index is 0. The number of amides is 1. The van der Waals surface area contributed by atoms with E-state index in [0.717, 1.165) is 31.2 Å². The molecule has 1 saturated heterocycles. The molecule has 28 heavy (non-hydrogen) atoms. The molecule has 0 aromatic heterocycles. The summed E-state index contributed by atoms with van der Waals surface area (Å²) in [6.07, 6.45) is 4.18. The van der Waals surface area contributed by atoms with Gasteiger partial charge < -0.3 is 20.9 Å². The summed E-state index contributed by atoms with van der Waals surface area (Å²) in [6, 6.07) is 6.00. The Bertz CT molecular complexity index is 591. The van der Waals surface area contributed by atoms with Crippen molar-refractivity contribution in [3.8, 4) is 0 Å². The van der Waals surface area contributed by atoms with E-state index in [4.69, 9.17) is 0 Å². The van der Waals surface area contributed by atoms with Crippen molar-refractivity contribution in [2.24, 2.45) is 4.99 Å². The average molecular weight is 505 g/mol. The van der Waals surface area contributed by atoms with Crippen LogP contribution in [0.1, 0.15) is 31.7 Å². The molecule has 158 valence electrons. The van der Waals surface area contributed by atoms with Crippen LogP contribution in [0.2, 0.25) is 0 Å². The number of hydrogen-bond acceptors (Lipinski definition) is 3. The Hall–Kier alpha value is -1.42. The summed E-state index contributed by atoms with van der Waals surface area (Å²) in [7, 11) is 0. The third-order valence-corrected chi connectivity index (χ3v) is 4.50. The van der Waals surface area contributed by atoms with Crippen molar-refractivity contribution < 1.29 is 9.18 Å². The SMILES string of the molecule is CCNC(=NCCN1CCCCC1)NCCNC(=O)Cc1ccc(F)cc1.I. The number of benzene rings is 1. The number of nitrogens with zero attached hydrogens (tertiary/aromatic N) is 2. The number of nitrogens with one attached hydrogen (secondary N) is 3. The monoisotopic (exact) mass is 505 g/mol. The molecule has 1 aromatic carbocycles. The summed E-state index contributed by atoms with van der Waals surface area (Å²) in [4.78, 5) is 19.0. The maximum atomic E-state index is 12.9. The predicted molar refractivity (Wildman–Crippen MR) is 123 cm³/mol. The molecule has 2 rings (SSSR count). The van der Waals surface area contributed by atoms with E-state index in [1.165, 1.54) is 44.5 Å². The molecule has 1 aromatic rings. The summed E-state index contributed by atoms with van der Waals surface area (Å²) in [5.41, 5.74) is 0.800. The van der Waals surface area contributed by atoms with Crippen molar-refractivity contribution >= 4 is 35.8 Å². The maximum Gasteiger partial charge on any atom is 0.224 e. The maximum absolute atomic E-state index is 12.9. The van der Waals surface area contributed by atoms with E-state index in [0.29, 0.717) is 13.1 Å². The van der Waals surface area contributed by atoms with Crippen LogP contribution in [0.25, 0.3) is 0 Å². The Labute approximate surface area is 184 Å². The summed E-state index contributed by atoms with van der Waals surface area (Å²) in [5, 5.41) is 9.33. The molecule has 1 aliphatic heterocycles. The van der Waals surface area contributed by atoms with E-state index in [1.807, 2.05) is 6.92 Å². The van der Waals surface area contributed by atoms with Gasteiger partial charge in [-0.05, 0) is 50.6 Å². The van der Waals surface area contributed by atoms with Gasteiger partial charge in [-0.15, -0.1) is 24.0 Å². The first-order chi connectivity index (χ1) is 13.2. The van der Waals surface area contributed by atoms with Crippen LogP contribution >= 0.6 is 24.0 Å². The molecule has 1 aliphatic rings. The molecule has 0 spiro atoms. The average Bonchev–Trinajstić information content (AvgIpc) is 2.68. The Morgan fingerprint density at radius 1 is 1.07 bits per heavy atom. The van der Waals surface area contributed by atoms with Gasteiger partial charge in [0.25, 0.3) is 0 Å². The van der Waals surface area contributed by atoms with Gasteiger partial charge in [0, 0.05) is 26.2 Å². The highest BCUT2D eigenvalue weighted by Gasteiger charge is 2.09. The van der Waals surface area contributed by atoms with Crippen LogP contribution in [-0.2, 0) is 11.2 Å². The molecule has 0 atom stereocenters. The van der Waals surface area contributed by atoms with Crippen LogP contribution in [0.15, 0.2) is 29.3 Å². The highest BCUT2D eigenvalue weighted by Crippen LogP contribution is 2.07. The topological polar surface area (TPSA) is 68.8 Å². The minimum Gasteiger partial charge on any atom is -0.357 e. The second kappa shape index (κ2) is 14.6. The van der Waals surface area contributed by atoms with E-state index in [1.54, 1.807) is 12.1 Å². The fourth-order valence-electron chi connectivity index (χ4n) is 3.06. The van der Waals surface area contributed by atoms with E-state index < -0.39 is 0 Å². The second-order valence-electron chi connectivity index (χ2n) is 6.74. The first kappa shape index (κ1) is 24.6. The highest BCUT2D eigenvalue weighted by atomic mass is 127. The number of guanidine groups is 1. The fourth-order valence-corrected chi connectivity index (χ4v) is 3.06. The number of rotatable bonds is 9. The summed E-state index contributed by atoms with van der Waals surface area (Å²) >= 11 is 0. The summed E-state index contributed by atoms with van der Waals surface area (Å²) in [5.74, 6) is 0.414. The first-order valence-electron chi connectivity index (χ1n) is 9.93. The molecule has 0 unspecified atom stereocenters. The van der Waals surface area contributed by atoms with E-state index in [9.17, 15) is 9.18 Å². The second-order valence-corrected chi connectivity index (χ2v) is 6.74. The Morgan fingerprint density at radius 2 is 1.75 bits per heavy atom. The zero-order chi connectivity index (χ0) is 19.3. The lowest BCUT2D eigenvalue weighted by atomic mass is 10.1. The van der Waals surface area contributed by atoms with Crippen LogP contribution < -0.4 is 16.0 Å². The van der Waals surface area contributed by atoms with Crippen LogP contribution in [0, 0.1) is 5.82 Å². The minimum atomic E-state index is -0.293. The van der Waals surface area contributed by atoms with Crippen LogP contribution in [-0.4, -0.2) is 62.6 Å². The lowest BCUT2D eigenvalue weighted by molar-refractivity contribution is -0.120. The van der Waals surface area contributed by atoms with Crippen LogP contribution in [0.4, 0.5) is 4.39 Å². The molecular weight excluding hydrogens is 472 g/mol. The van der Waals surface area contributed by atoms with Gasteiger partial charge in [-0.25, -0.2) is 4.39 Å². The van der Waals surface area contributed by atoms with Gasteiger partial charge in [0.05, 0.1) is 13.0 Å². The third kappa shape index (κ3) is 10.2. The van der Waals surface area contributed by atoms with Gasteiger partial charge in [0.15, 0.2) is 5.96 Å². The molecular formula is C20H33FIN5O. The molecule has 0 saturated carbocycles. The molecule has 1 heterocycles. The molecule has 1 fully saturated rings. The van der Waals surface area contributed by atoms with Crippen molar-refractivity contribution in [1.82, 2.24) is 20.9 Å². The standard InChI is InChI=1S/C20H32FN5O.HI/c1-2-22-20(25-12-15-26-13-4-3-5-14-26)24-11-10-23-19(27)16-17-6-8-18(21)9-7-17;/h6-9H,2-5,10-16H2,1H3,(H,23,27)(H2,22,24,25);1H. The molecule has 0 bridgehead atoms. The Morgan fingerprint density at radius 3 is 2.43 bits per heavy atom. The van der Waals surface area contributed by atoms with Crippen molar-refractivity contribution in [1.29, 1.82) is 0 Å². The lowest BCUT2D eigenvalue weighted by Crippen LogP contribution is -2.42. The number of hydrogen-bond donors (Lipinski definition) is 3. The number of carbonyl (C=O) groups is 1. The number of carbonyl (C=O) groups excluding carboxylic acids is 1. The number of halogens is 2. The Kier molecular flexibility index (Phi) is 12.8. The van der Waals surface area contributed by atoms with E-state index in [-0.39, 0.29) is 42.1 Å². The molecule has 6 nitrogen and oxygen atoms in total. The number of piperidine rings is 1. The quantitative estimate of drug-likeness (QED) is 0.208. The predicted octanol–water partition coefficient (Wildman–Crippen LogP) is 2.14. The van der Waals surface area contributed by atoms with Crippen molar-refractivity contribution in [2.45, 2.75) is 32.6 Å². The molecule has 0 radical (unpaired) electrons. The normalized spacial score (nSPS) is 14.9. The smallest absolute Gasteiger partial charge is 0.224 e. The largest absolute Gasteiger partial charge is 0.357 e. The zero-order valence-electron chi connectivity index (χ0n) is 16.7. The fraction of sp³-hybridized carbons (Fsp3) is 0.600. The van der Waals surface area contributed by atoms with Crippen molar-refractivity contribution in [2.75, 3.05) is 45.8 Å². The van der Waals surface area contributed by atoms with Crippen molar-refractivity contribution in [3.05, 3.63) is 35.6 Å². The summed E-state index contributed by atoms with van der Waals surface area (Å²) in [6.45, 7) is 8.07. The molecule has 1 amide bonds. The first-order valence-corrected chi connectivity index (χ1v) is 9.93. The van der Waals surface area contributed by atoms with E-state index in [2.05, 4.69) is 25.8 Å². The van der Waals surface area contributed by atoms with Gasteiger partial charge >= 0.3 is 0 Å². The van der Waals surface area contributed by atoms with Gasteiger partial charge in [0.2, 0.25) is 5.91 Å². The van der Waals surface area contributed by atoms with E-state index >= 15 is 0 Å². The summed E-state index contributed by atoms with van der Waals surface area (Å²) < 4.78 is 12.9. The van der Waals surface area contributed by atoms with Gasteiger partial charge in [-0.1, -0.05) is 18.6 Å². The number of aliphatic imine (C=N–C) groups is 1. The Balaban J connectivity index is 0.00000392. The van der Waals surface area contributed by atoms with Crippen LogP contribution in [0.5, 0.6) is 0 Å². The van der Waals surface area contributed by atoms with Gasteiger partial charge in [-0.2, -0.15) is 0 Å². The highest BCUT2D eigenvalue weighted by molar-refractivity contribution is 14.0. The van der Waals surface area contributed by atoms with Gasteiger partial charge in [0.1, 0.15) is 5.82 Å². The lowest BCUT2D eigenvalue weighted by Gasteiger charge is -2.25. The van der Waals surface area contributed by atoms with Gasteiger partial charge in [-0.3, -0.25) is 9.79 Å². The molecule has 3 N–H and O–H groups in total. The third-order valence-electron chi connectivity index (χ3n) is 4.50. The van der Waals surface area contributed by atoms with Crippen LogP contribution in [0.3, 0.4) is 0 Å². The van der Waals surface area contributed by atoms with Crippen molar-refractivity contribution in [3.63, 3.8) is 0 Å². The number of likely N-dealkylation sites (tertiary alicyclic amines) is 1.